The van der Waals surface area contributed by atoms with Crippen molar-refractivity contribution >= 4 is 11.9 Å². The Hall–Kier alpha value is -1.85. The van der Waals surface area contributed by atoms with Crippen LogP contribution in [0.5, 0.6) is 0 Å². The van der Waals surface area contributed by atoms with Crippen molar-refractivity contribution < 1.29 is 14.7 Å². The summed E-state index contributed by atoms with van der Waals surface area (Å²) in [4.78, 5) is 24.1. The van der Waals surface area contributed by atoms with Gasteiger partial charge in [0.15, 0.2) is 6.04 Å². The van der Waals surface area contributed by atoms with Crippen LogP contribution in [0, 0.1) is 0 Å². The van der Waals surface area contributed by atoms with Crippen molar-refractivity contribution in [1.29, 1.82) is 0 Å². The zero-order chi connectivity index (χ0) is 13.0. The largest absolute Gasteiger partial charge is 0.479 e. The summed E-state index contributed by atoms with van der Waals surface area (Å²) in [6.07, 6.45) is 3.80. The number of hydrogen-bond acceptors (Lipinski definition) is 3. The van der Waals surface area contributed by atoms with Crippen molar-refractivity contribution in [2.45, 2.75) is 26.3 Å². The van der Waals surface area contributed by atoms with E-state index in [4.69, 9.17) is 0 Å². The Bertz CT molecular complexity index is 414. The van der Waals surface area contributed by atoms with Gasteiger partial charge in [0.05, 0.1) is 6.20 Å². The zero-order valence-electron chi connectivity index (χ0n) is 10.3. The first-order chi connectivity index (χ1) is 7.97. The summed E-state index contributed by atoms with van der Waals surface area (Å²) in [5, 5.41) is 13.2. The van der Waals surface area contributed by atoms with Crippen LogP contribution in [-0.4, -0.2) is 38.2 Å². The average Bonchev–Trinajstić information content (AvgIpc) is 2.63. The molecule has 17 heavy (non-hydrogen) atoms. The fraction of sp³-hybridized carbons (Fsp3) is 0.545. The highest BCUT2D eigenvalue weighted by Crippen LogP contribution is 2.21. The molecule has 0 saturated carbocycles. The normalized spacial score (nSPS) is 12.2. The molecule has 6 nitrogen and oxygen atoms in total. The van der Waals surface area contributed by atoms with E-state index in [1.54, 1.807) is 13.2 Å². The number of aryl methyl sites for hydroxylation is 1. The fourth-order valence-corrected chi connectivity index (χ4v) is 1.75. The van der Waals surface area contributed by atoms with Crippen molar-refractivity contribution in [3.05, 3.63) is 18.0 Å². The van der Waals surface area contributed by atoms with Gasteiger partial charge in [-0.25, -0.2) is 4.79 Å². The highest BCUT2D eigenvalue weighted by Gasteiger charge is 2.29. The molecule has 1 unspecified atom stereocenters. The van der Waals surface area contributed by atoms with Crippen LogP contribution < -0.4 is 0 Å². The summed E-state index contributed by atoms with van der Waals surface area (Å²) in [5.74, 6) is -1.29. The van der Waals surface area contributed by atoms with Gasteiger partial charge in [0.25, 0.3) is 0 Å². The lowest BCUT2D eigenvalue weighted by Gasteiger charge is -2.26. The maximum atomic E-state index is 11.5. The van der Waals surface area contributed by atoms with Crippen LogP contribution in [0.3, 0.4) is 0 Å². The zero-order valence-corrected chi connectivity index (χ0v) is 10.3. The SMILES string of the molecule is CCCN(C(C)=O)C(C(=O)O)c1cnn(C)c1. The second-order valence-corrected chi connectivity index (χ2v) is 3.90. The van der Waals surface area contributed by atoms with Gasteiger partial charge in [-0.1, -0.05) is 6.92 Å². The monoisotopic (exact) mass is 239 g/mol. The Balaban J connectivity index is 3.06. The Kier molecular flexibility index (Phi) is 4.25. The first kappa shape index (κ1) is 13.2. The van der Waals surface area contributed by atoms with Crippen LogP contribution in [-0.2, 0) is 16.6 Å². The molecule has 0 bridgehead atoms. The summed E-state index contributed by atoms with van der Waals surface area (Å²) in [6.45, 7) is 3.70. The Morgan fingerprint density at radius 1 is 1.59 bits per heavy atom. The van der Waals surface area contributed by atoms with E-state index in [0.29, 0.717) is 18.5 Å². The molecular weight excluding hydrogens is 222 g/mol. The van der Waals surface area contributed by atoms with E-state index in [1.165, 1.54) is 22.7 Å². The quantitative estimate of drug-likeness (QED) is 0.824. The molecule has 0 aliphatic carbocycles. The highest BCUT2D eigenvalue weighted by molar-refractivity contribution is 5.83. The molecule has 0 aromatic carbocycles. The molecule has 6 heteroatoms. The second-order valence-electron chi connectivity index (χ2n) is 3.90. The molecule has 0 aliphatic rings. The molecule has 0 spiro atoms. The predicted octanol–water partition coefficient (Wildman–Crippen LogP) is 0.804. The van der Waals surface area contributed by atoms with Crippen molar-refractivity contribution in [2.24, 2.45) is 7.05 Å². The highest BCUT2D eigenvalue weighted by atomic mass is 16.4. The molecule has 1 N–H and O–H groups in total. The predicted molar refractivity (Wildman–Crippen MR) is 61.3 cm³/mol. The number of nitrogens with zero attached hydrogens (tertiary/aromatic N) is 3. The number of amides is 1. The minimum Gasteiger partial charge on any atom is -0.479 e. The summed E-state index contributed by atoms with van der Waals surface area (Å²) >= 11 is 0. The van der Waals surface area contributed by atoms with Crippen LogP contribution in [0.15, 0.2) is 12.4 Å². The maximum Gasteiger partial charge on any atom is 0.331 e. The molecule has 0 radical (unpaired) electrons. The maximum absolute atomic E-state index is 11.5. The van der Waals surface area contributed by atoms with Gasteiger partial charge in [-0.05, 0) is 6.42 Å². The molecule has 0 aliphatic heterocycles. The lowest BCUT2D eigenvalue weighted by atomic mass is 10.1. The van der Waals surface area contributed by atoms with Gasteiger partial charge in [0, 0.05) is 32.3 Å². The standard InChI is InChI=1S/C11H17N3O3/c1-4-5-14(8(2)15)10(11(16)17)9-6-12-13(3)7-9/h6-7,10H,4-5H2,1-3H3,(H,16,17). The molecule has 1 heterocycles. The van der Waals surface area contributed by atoms with Gasteiger partial charge >= 0.3 is 5.97 Å². The summed E-state index contributed by atoms with van der Waals surface area (Å²) < 4.78 is 1.52. The summed E-state index contributed by atoms with van der Waals surface area (Å²) in [7, 11) is 1.71. The smallest absolute Gasteiger partial charge is 0.331 e. The number of carboxylic acids is 1. The minimum atomic E-state index is -1.04. The van der Waals surface area contributed by atoms with Crippen molar-refractivity contribution in [3.63, 3.8) is 0 Å². The molecule has 1 atom stereocenters. The van der Waals surface area contributed by atoms with Gasteiger partial charge in [-0.3, -0.25) is 9.48 Å². The van der Waals surface area contributed by atoms with Gasteiger partial charge in [-0.2, -0.15) is 5.10 Å². The van der Waals surface area contributed by atoms with Gasteiger partial charge in [0.2, 0.25) is 5.91 Å². The van der Waals surface area contributed by atoms with Crippen LogP contribution >= 0.6 is 0 Å². The van der Waals surface area contributed by atoms with E-state index < -0.39 is 12.0 Å². The third-order valence-corrected chi connectivity index (χ3v) is 2.46. The van der Waals surface area contributed by atoms with Crippen LogP contribution in [0.4, 0.5) is 0 Å². The molecular formula is C11H17N3O3. The van der Waals surface area contributed by atoms with E-state index in [9.17, 15) is 14.7 Å². The molecule has 0 fully saturated rings. The fourth-order valence-electron chi connectivity index (χ4n) is 1.75. The summed E-state index contributed by atoms with van der Waals surface area (Å²) in [5.41, 5.74) is 0.517. The molecule has 94 valence electrons. The summed E-state index contributed by atoms with van der Waals surface area (Å²) in [6, 6.07) is -0.957. The number of carbonyl (C=O) groups is 2. The number of hydrogen-bond donors (Lipinski definition) is 1. The second kappa shape index (κ2) is 5.47. The first-order valence-electron chi connectivity index (χ1n) is 5.46. The number of carboxylic acid groups (broad SMARTS) is 1. The number of carbonyl (C=O) groups excluding carboxylic acids is 1. The third kappa shape index (κ3) is 3.05. The van der Waals surface area contributed by atoms with Gasteiger partial charge < -0.3 is 10.0 Å². The van der Waals surface area contributed by atoms with Crippen LogP contribution in [0.25, 0.3) is 0 Å². The molecule has 1 rings (SSSR count). The van der Waals surface area contributed by atoms with Gasteiger partial charge in [0.1, 0.15) is 0 Å². The number of aromatic nitrogens is 2. The van der Waals surface area contributed by atoms with Gasteiger partial charge in [-0.15, -0.1) is 0 Å². The van der Waals surface area contributed by atoms with E-state index in [2.05, 4.69) is 5.10 Å². The van der Waals surface area contributed by atoms with Crippen molar-refractivity contribution in [2.75, 3.05) is 6.54 Å². The molecule has 0 saturated heterocycles. The lowest BCUT2D eigenvalue weighted by Crippen LogP contribution is -2.38. The van der Waals surface area contributed by atoms with E-state index in [1.807, 2.05) is 6.92 Å². The number of rotatable bonds is 5. The molecule has 1 amide bonds. The Labute approximate surface area is 99.8 Å². The molecule has 1 aromatic heterocycles. The Morgan fingerprint density at radius 3 is 2.59 bits per heavy atom. The average molecular weight is 239 g/mol. The van der Waals surface area contributed by atoms with E-state index >= 15 is 0 Å². The van der Waals surface area contributed by atoms with E-state index in [-0.39, 0.29) is 5.91 Å². The molecule has 1 aromatic rings. The topological polar surface area (TPSA) is 75.4 Å². The first-order valence-corrected chi connectivity index (χ1v) is 5.46. The third-order valence-electron chi connectivity index (χ3n) is 2.46. The van der Waals surface area contributed by atoms with Crippen molar-refractivity contribution in [1.82, 2.24) is 14.7 Å². The van der Waals surface area contributed by atoms with Crippen LogP contribution in [0.1, 0.15) is 31.9 Å². The lowest BCUT2D eigenvalue weighted by molar-refractivity contribution is -0.149. The van der Waals surface area contributed by atoms with E-state index in [0.717, 1.165) is 0 Å². The minimum absolute atomic E-state index is 0.247. The van der Waals surface area contributed by atoms with Crippen molar-refractivity contribution in [3.8, 4) is 0 Å². The number of aliphatic carboxylic acids is 1. The van der Waals surface area contributed by atoms with Crippen LogP contribution in [0.2, 0.25) is 0 Å². The Morgan fingerprint density at radius 2 is 2.24 bits per heavy atom.